The van der Waals surface area contributed by atoms with Gasteiger partial charge in [-0.05, 0) is 130 Å². The topological polar surface area (TPSA) is 3.24 Å². The molecule has 0 saturated carbocycles. The minimum Gasteiger partial charge on any atom is -0.310 e. The molecule has 266 valence electrons. The highest BCUT2D eigenvalue weighted by atomic mass is 15.1. The van der Waals surface area contributed by atoms with Crippen LogP contribution in [0.15, 0.2) is 224 Å². The zero-order valence-corrected chi connectivity index (χ0v) is 31.3. The van der Waals surface area contributed by atoms with Crippen LogP contribution in [0.25, 0.3) is 87.2 Å². The summed E-state index contributed by atoms with van der Waals surface area (Å²) in [5, 5.41) is 12.7. The van der Waals surface area contributed by atoms with Crippen LogP contribution in [0, 0.1) is 0 Å². The molecular formula is C56H37N. The number of nitrogens with zero attached hydrogens (tertiary/aromatic N) is 1. The lowest BCUT2D eigenvalue weighted by atomic mass is 9.94. The zero-order chi connectivity index (χ0) is 37.7. The first-order chi connectivity index (χ1) is 28.2. The molecule has 0 radical (unpaired) electrons. The molecular weight excluding hydrogens is 687 g/mol. The summed E-state index contributed by atoms with van der Waals surface area (Å²) in [4.78, 5) is 2.38. The lowest BCUT2D eigenvalue weighted by molar-refractivity contribution is 1.28. The van der Waals surface area contributed by atoms with Crippen LogP contribution in [0.3, 0.4) is 0 Å². The van der Waals surface area contributed by atoms with E-state index in [9.17, 15) is 0 Å². The summed E-state index contributed by atoms with van der Waals surface area (Å²) in [5.74, 6) is 0. The molecule has 0 aliphatic carbocycles. The third-order valence-electron chi connectivity index (χ3n) is 11.6. The van der Waals surface area contributed by atoms with E-state index in [1.807, 2.05) is 0 Å². The average Bonchev–Trinajstić information content (AvgIpc) is 3.29. The molecule has 0 aliphatic rings. The molecule has 11 aromatic carbocycles. The van der Waals surface area contributed by atoms with Crippen molar-refractivity contribution in [1.29, 1.82) is 0 Å². The van der Waals surface area contributed by atoms with Gasteiger partial charge in [0.25, 0.3) is 0 Å². The maximum Gasteiger partial charge on any atom is 0.0467 e. The Morgan fingerprint density at radius 3 is 1.32 bits per heavy atom. The maximum atomic E-state index is 2.38. The second-order valence-electron chi connectivity index (χ2n) is 14.9. The van der Waals surface area contributed by atoms with Crippen LogP contribution >= 0.6 is 0 Å². The number of anilines is 3. The van der Waals surface area contributed by atoms with Crippen LogP contribution in [-0.2, 0) is 0 Å². The fraction of sp³-hybridized carbons (Fsp3) is 0. The summed E-state index contributed by atoms with van der Waals surface area (Å²) >= 11 is 0. The molecule has 0 bridgehead atoms. The second kappa shape index (κ2) is 13.7. The van der Waals surface area contributed by atoms with Crippen molar-refractivity contribution in [2.24, 2.45) is 0 Å². The van der Waals surface area contributed by atoms with Gasteiger partial charge >= 0.3 is 0 Å². The van der Waals surface area contributed by atoms with E-state index in [4.69, 9.17) is 0 Å². The molecule has 1 heteroatoms. The molecule has 0 heterocycles. The van der Waals surface area contributed by atoms with Crippen LogP contribution in [0.5, 0.6) is 0 Å². The molecule has 0 saturated heterocycles. The normalized spacial score (nSPS) is 11.5. The lowest BCUT2D eigenvalue weighted by Crippen LogP contribution is -2.10. The Labute approximate surface area is 332 Å². The van der Waals surface area contributed by atoms with E-state index < -0.39 is 0 Å². The molecule has 0 aromatic heterocycles. The first-order valence-corrected chi connectivity index (χ1v) is 19.7. The number of hydrogen-bond acceptors (Lipinski definition) is 1. The molecule has 0 N–H and O–H groups in total. The fourth-order valence-electron chi connectivity index (χ4n) is 8.80. The standard InChI is InChI=1S/C56H37N/c1-4-17-49-39(10-1)13-8-20-51(49)42-26-32-47(33-27-42)57(48-16-7-15-45(36-48)53-21-9-14-40-11-2-5-18-50(40)53)46-30-24-38(25-31-46)44-23-22-43-29-34-54-52-19-6-3-12-41(52)28-35-55(54)56(43)37-44/h1-37H. The van der Waals surface area contributed by atoms with Crippen LogP contribution in [0.4, 0.5) is 17.1 Å². The highest BCUT2D eigenvalue weighted by Crippen LogP contribution is 2.41. The van der Waals surface area contributed by atoms with Crippen LogP contribution in [0.2, 0.25) is 0 Å². The third-order valence-corrected chi connectivity index (χ3v) is 11.6. The largest absolute Gasteiger partial charge is 0.310 e. The Bertz CT molecular complexity index is 3270. The van der Waals surface area contributed by atoms with Crippen molar-refractivity contribution in [3.63, 3.8) is 0 Å². The Balaban J connectivity index is 1.02. The van der Waals surface area contributed by atoms with Crippen molar-refractivity contribution in [2.75, 3.05) is 4.90 Å². The van der Waals surface area contributed by atoms with E-state index in [-0.39, 0.29) is 0 Å². The summed E-state index contributed by atoms with van der Waals surface area (Å²) in [6, 6.07) is 82.0. The van der Waals surface area contributed by atoms with Crippen molar-refractivity contribution >= 4 is 70.9 Å². The Kier molecular flexibility index (Phi) is 7.89. The third kappa shape index (κ3) is 5.80. The smallest absolute Gasteiger partial charge is 0.0467 e. The molecule has 11 aromatic rings. The number of hydrogen-bond donors (Lipinski definition) is 0. The van der Waals surface area contributed by atoms with E-state index in [1.54, 1.807) is 0 Å². The van der Waals surface area contributed by atoms with Gasteiger partial charge in [0, 0.05) is 17.1 Å². The quantitative estimate of drug-likeness (QED) is 0.154. The van der Waals surface area contributed by atoms with Crippen molar-refractivity contribution < 1.29 is 0 Å². The van der Waals surface area contributed by atoms with Gasteiger partial charge < -0.3 is 4.90 Å². The summed E-state index contributed by atoms with van der Waals surface area (Å²) in [5.41, 5.74) is 10.6. The zero-order valence-electron chi connectivity index (χ0n) is 31.3. The molecule has 0 fully saturated rings. The minimum atomic E-state index is 1.10. The van der Waals surface area contributed by atoms with Gasteiger partial charge in [-0.2, -0.15) is 0 Å². The molecule has 57 heavy (non-hydrogen) atoms. The molecule has 11 rings (SSSR count). The van der Waals surface area contributed by atoms with Crippen LogP contribution < -0.4 is 4.90 Å². The van der Waals surface area contributed by atoms with E-state index >= 15 is 0 Å². The molecule has 0 amide bonds. The van der Waals surface area contributed by atoms with Crippen molar-refractivity contribution in [3.8, 4) is 33.4 Å². The van der Waals surface area contributed by atoms with Gasteiger partial charge in [0.2, 0.25) is 0 Å². The molecule has 0 atom stereocenters. The molecule has 1 nitrogen and oxygen atoms in total. The first-order valence-electron chi connectivity index (χ1n) is 19.7. The van der Waals surface area contributed by atoms with E-state index in [0.29, 0.717) is 0 Å². The predicted molar refractivity (Wildman–Crippen MR) is 245 cm³/mol. The number of benzene rings is 11. The molecule has 0 unspecified atom stereocenters. The summed E-state index contributed by atoms with van der Waals surface area (Å²) in [6.45, 7) is 0. The van der Waals surface area contributed by atoms with Crippen LogP contribution in [-0.4, -0.2) is 0 Å². The van der Waals surface area contributed by atoms with Gasteiger partial charge in [0.1, 0.15) is 0 Å². The number of fused-ring (bicyclic) bond motifs is 7. The van der Waals surface area contributed by atoms with Crippen molar-refractivity contribution in [3.05, 3.63) is 224 Å². The van der Waals surface area contributed by atoms with Gasteiger partial charge in [-0.3, -0.25) is 0 Å². The summed E-state index contributed by atoms with van der Waals surface area (Å²) in [6.07, 6.45) is 0. The Morgan fingerprint density at radius 2 is 0.667 bits per heavy atom. The van der Waals surface area contributed by atoms with E-state index in [2.05, 4.69) is 229 Å². The highest BCUT2D eigenvalue weighted by molar-refractivity contribution is 6.17. The SMILES string of the molecule is c1cc(-c2cccc3ccccc23)cc(N(c2ccc(-c3ccc4ccc5c6ccccc6ccc5c4c3)cc2)c2ccc(-c3cccc4ccccc34)cc2)c1. The van der Waals surface area contributed by atoms with E-state index in [1.165, 1.54) is 87.2 Å². The Hall–Kier alpha value is -7.48. The first kappa shape index (κ1) is 32.9. The second-order valence-corrected chi connectivity index (χ2v) is 14.9. The van der Waals surface area contributed by atoms with Gasteiger partial charge in [-0.1, -0.05) is 182 Å². The predicted octanol–water partition coefficient (Wildman–Crippen LogP) is 15.9. The van der Waals surface area contributed by atoms with E-state index in [0.717, 1.165) is 17.1 Å². The average molecular weight is 724 g/mol. The number of rotatable bonds is 6. The fourth-order valence-corrected chi connectivity index (χ4v) is 8.80. The van der Waals surface area contributed by atoms with Gasteiger partial charge in [-0.25, -0.2) is 0 Å². The summed E-state index contributed by atoms with van der Waals surface area (Å²) in [7, 11) is 0. The maximum absolute atomic E-state index is 2.38. The van der Waals surface area contributed by atoms with Crippen molar-refractivity contribution in [1.82, 2.24) is 0 Å². The van der Waals surface area contributed by atoms with Gasteiger partial charge in [-0.15, -0.1) is 0 Å². The van der Waals surface area contributed by atoms with Crippen LogP contribution in [0.1, 0.15) is 0 Å². The Morgan fingerprint density at radius 1 is 0.211 bits per heavy atom. The van der Waals surface area contributed by atoms with Gasteiger partial charge in [0.15, 0.2) is 0 Å². The lowest BCUT2D eigenvalue weighted by Gasteiger charge is -2.26. The minimum absolute atomic E-state index is 1.10. The van der Waals surface area contributed by atoms with Gasteiger partial charge in [0.05, 0.1) is 0 Å². The molecule has 0 aliphatic heterocycles. The monoisotopic (exact) mass is 723 g/mol. The van der Waals surface area contributed by atoms with Crippen molar-refractivity contribution in [2.45, 2.75) is 0 Å². The molecule has 0 spiro atoms. The summed E-state index contributed by atoms with van der Waals surface area (Å²) < 4.78 is 0. The highest BCUT2D eigenvalue weighted by Gasteiger charge is 2.16.